The molecule has 0 spiro atoms. The number of halogens is 1. The Morgan fingerprint density at radius 1 is 1.39 bits per heavy atom. The number of thioether (sulfide) groups is 1. The van der Waals surface area contributed by atoms with Gasteiger partial charge in [0.15, 0.2) is 5.96 Å². The van der Waals surface area contributed by atoms with Gasteiger partial charge in [-0.25, -0.2) is 0 Å². The molecule has 1 aliphatic heterocycles. The third kappa shape index (κ3) is 7.65. The van der Waals surface area contributed by atoms with E-state index in [9.17, 15) is 0 Å². The Hall–Kier alpha value is -0.630. The van der Waals surface area contributed by atoms with Gasteiger partial charge in [-0.05, 0) is 42.7 Å². The SMILES string of the molecule is CCCOc1cccc(CNC(=NC)NCC2CCCS2)c1.I. The van der Waals surface area contributed by atoms with Crippen LogP contribution in [-0.4, -0.2) is 37.2 Å². The van der Waals surface area contributed by atoms with Crippen molar-refractivity contribution in [1.82, 2.24) is 10.6 Å². The van der Waals surface area contributed by atoms with E-state index < -0.39 is 0 Å². The Balaban J connectivity index is 0.00000264. The van der Waals surface area contributed by atoms with Gasteiger partial charge in [0, 0.05) is 25.4 Å². The highest BCUT2D eigenvalue weighted by atomic mass is 127. The van der Waals surface area contributed by atoms with Crippen molar-refractivity contribution in [3.05, 3.63) is 29.8 Å². The molecule has 0 saturated carbocycles. The van der Waals surface area contributed by atoms with Crippen LogP contribution in [-0.2, 0) is 6.54 Å². The van der Waals surface area contributed by atoms with Crippen molar-refractivity contribution in [2.75, 3.05) is 26.0 Å². The Morgan fingerprint density at radius 3 is 2.96 bits per heavy atom. The predicted octanol–water partition coefficient (Wildman–Crippen LogP) is 3.65. The minimum atomic E-state index is 0. The molecule has 0 bridgehead atoms. The molecule has 2 N–H and O–H groups in total. The van der Waals surface area contributed by atoms with E-state index in [4.69, 9.17) is 4.74 Å². The van der Waals surface area contributed by atoms with E-state index in [0.29, 0.717) is 0 Å². The number of aliphatic imine (C=N–C) groups is 1. The second-order valence-electron chi connectivity index (χ2n) is 5.44. The monoisotopic (exact) mass is 449 g/mol. The maximum atomic E-state index is 5.67. The van der Waals surface area contributed by atoms with Crippen LogP contribution in [0.25, 0.3) is 0 Å². The van der Waals surface area contributed by atoms with Crippen molar-refractivity contribution in [3.8, 4) is 5.75 Å². The molecule has 1 atom stereocenters. The van der Waals surface area contributed by atoms with E-state index in [1.165, 1.54) is 24.2 Å². The fourth-order valence-electron chi connectivity index (χ4n) is 2.39. The van der Waals surface area contributed by atoms with Crippen LogP contribution in [0.3, 0.4) is 0 Å². The average Bonchev–Trinajstić information content (AvgIpc) is 3.07. The zero-order chi connectivity index (χ0) is 15.6. The summed E-state index contributed by atoms with van der Waals surface area (Å²) in [6, 6.07) is 8.23. The first-order valence-electron chi connectivity index (χ1n) is 8.09. The maximum Gasteiger partial charge on any atom is 0.191 e. The summed E-state index contributed by atoms with van der Waals surface area (Å²) >= 11 is 2.06. The van der Waals surface area contributed by atoms with Crippen molar-refractivity contribution in [3.63, 3.8) is 0 Å². The number of hydrogen-bond donors (Lipinski definition) is 2. The number of rotatable bonds is 7. The standard InChI is InChI=1S/C17H27N3OS.HI/c1-3-9-21-15-7-4-6-14(11-15)12-19-17(18-2)20-13-16-8-5-10-22-16;/h4,6-7,11,16H,3,5,8-10,12-13H2,1-2H3,(H2,18,19,20);1H. The van der Waals surface area contributed by atoms with E-state index in [1.807, 2.05) is 19.2 Å². The van der Waals surface area contributed by atoms with Crippen molar-refractivity contribution >= 4 is 41.7 Å². The van der Waals surface area contributed by atoms with Crippen molar-refractivity contribution in [2.24, 2.45) is 4.99 Å². The molecule has 4 nitrogen and oxygen atoms in total. The minimum Gasteiger partial charge on any atom is -0.494 e. The van der Waals surface area contributed by atoms with Crippen LogP contribution < -0.4 is 15.4 Å². The van der Waals surface area contributed by atoms with Gasteiger partial charge in [-0.3, -0.25) is 4.99 Å². The Labute approximate surface area is 161 Å². The largest absolute Gasteiger partial charge is 0.494 e. The van der Waals surface area contributed by atoms with Crippen LogP contribution >= 0.6 is 35.7 Å². The molecule has 1 unspecified atom stereocenters. The third-order valence-corrected chi connectivity index (χ3v) is 4.97. The van der Waals surface area contributed by atoms with Gasteiger partial charge in [0.25, 0.3) is 0 Å². The van der Waals surface area contributed by atoms with Gasteiger partial charge < -0.3 is 15.4 Å². The number of ether oxygens (including phenoxy) is 1. The van der Waals surface area contributed by atoms with Crippen LogP contribution in [0.4, 0.5) is 0 Å². The second-order valence-corrected chi connectivity index (χ2v) is 6.85. The minimum absolute atomic E-state index is 0. The number of hydrogen-bond acceptors (Lipinski definition) is 3. The first-order valence-corrected chi connectivity index (χ1v) is 9.14. The molecule has 6 heteroatoms. The molecule has 1 aromatic rings. The fourth-order valence-corrected chi connectivity index (χ4v) is 3.59. The van der Waals surface area contributed by atoms with E-state index in [1.54, 1.807) is 0 Å². The summed E-state index contributed by atoms with van der Waals surface area (Å²) < 4.78 is 5.67. The Kier molecular flexibility index (Phi) is 10.5. The summed E-state index contributed by atoms with van der Waals surface area (Å²) in [4.78, 5) is 4.29. The molecular formula is C17H28IN3OS. The van der Waals surface area contributed by atoms with Crippen LogP contribution in [0, 0.1) is 0 Å². The topological polar surface area (TPSA) is 45.6 Å². The van der Waals surface area contributed by atoms with Gasteiger partial charge in [0.05, 0.1) is 6.61 Å². The van der Waals surface area contributed by atoms with Gasteiger partial charge >= 0.3 is 0 Å². The highest BCUT2D eigenvalue weighted by molar-refractivity contribution is 14.0. The van der Waals surface area contributed by atoms with Crippen molar-refractivity contribution in [1.29, 1.82) is 0 Å². The van der Waals surface area contributed by atoms with E-state index >= 15 is 0 Å². The van der Waals surface area contributed by atoms with Crippen molar-refractivity contribution in [2.45, 2.75) is 38.0 Å². The molecule has 0 aromatic heterocycles. The number of nitrogens with one attached hydrogen (secondary N) is 2. The number of nitrogens with zero attached hydrogens (tertiary/aromatic N) is 1. The maximum absolute atomic E-state index is 5.67. The molecule has 1 fully saturated rings. The van der Waals surface area contributed by atoms with E-state index in [0.717, 1.165) is 43.1 Å². The van der Waals surface area contributed by atoms with Gasteiger partial charge in [0.1, 0.15) is 5.75 Å². The van der Waals surface area contributed by atoms with E-state index in [-0.39, 0.29) is 24.0 Å². The lowest BCUT2D eigenvalue weighted by atomic mass is 10.2. The average molecular weight is 449 g/mol. The lowest BCUT2D eigenvalue weighted by molar-refractivity contribution is 0.317. The normalized spacial score (nSPS) is 17.5. The molecule has 1 heterocycles. The second kappa shape index (κ2) is 11.8. The highest BCUT2D eigenvalue weighted by Gasteiger charge is 2.15. The van der Waals surface area contributed by atoms with Gasteiger partial charge in [-0.15, -0.1) is 24.0 Å². The number of benzene rings is 1. The smallest absolute Gasteiger partial charge is 0.191 e. The molecule has 1 saturated heterocycles. The molecule has 1 aliphatic rings. The first-order chi connectivity index (χ1) is 10.8. The number of guanidine groups is 1. The molecule has 0 amide bonds. The Bertz CT molecular complexity index is 479. The van der Waals surface area contributed by atoms with Gasteiger partial charge in [-0.2, -0.15) is 11.8 Å². The zero-order valence-corrected chi connectivity index (χ0v) is 17.2. The van der Waals surface area contributed by atoms with E-state index in [2.05, 4.69) is 46.4 Å². The first kappa shape index (κ1) is 20.4. The summed E-state index contributed by atoms with van der Waals surface area (Å²) in [5, 5.41) is 7.51. The van der Waals surface area contributed by atoms with Crippen LogP contribution in [0.15, 0.2) is 29.3 Å². The van der Waals surface area contributed by atoms with Crippen LogP contribution in [0.5, 0.6) is 5.75 Å². The molecule has 0 aliphatic carbocycles. The molecule has 130 valence electrons. The quantitative estimate of drug-likeness (QED) is 0.379. The summed E-state index contributed by atoms with van der Waals surface area (Å²) in [5.41, 5.74) is 1.20. The lowest BCUT2D eigenvalue weighted by Crippen LogP contribution is -2.39. The lowest BCUT2D eigenvalue weighted by Gasteiger charge is -2.15. The van der Waals surface area contributed by atoms with Crippen LogP contribution in [0.1, 0.15) is 31.7 Å². The van der Waals surface area contributed by atoms with Crippen molar-refractivity contribution < 1.29 is 4.74 Å². The third-order valence-electron chi connectivity index (χ3n) is 3.58. The highest BCUT2D eigenvalue weighted by Crippen LogP contribution is 2.25. The molecule has 23 heavy (non-hydrogen) atoms. The molecule has 2 rings (SSSR count). The fraction of sp³-hybridized carbons (Fsp3) is 0.588. The molecule has 1 aromatic carbocycles. The van der Waals surface area contributed by atoms with Gasteiger partial charge in [-0.1, -0.05) is 19.1 Å². The zero-order valence-electron chi connectivity index (χ0n) is 14.0. The summed E-state index contributed by atoms with van der Waals surface area (Å²) in [6.07, 6.45) is 3.68. The Morgan fingerprint density at radius 2 is 2.26 bits per heavy atom. The molecular weight excluding hydrogens is 421 g/mol. The summed E-state index contributed by atoms with van der Waals surface area (Å²) in [7, 11) is 1.82. The predicted molar refractivity (Wildman–Crippen MR) is 111 cm³/mol. The summed E-state index contributed by atoms with van der Waals surface area (Å²) in [5.74, 6) is 3.10. The molecule has 0 radical (unpaired) electrons. The van der Waals surface area contributed by atoms with Crippen LogP contribution in [0.2, 0.25) is 0 Å². The summed E-state index contributed by atoms with van der Waals surface area (Å²) in [6.45, 7) is 4.62. The van der Waals surface area contributed by atoms with Gasteiger partial charge in [0.2, 0.25) is 0 Å².